The smallest absolute Gasteiger partial charge is 0.130 e. The van der Waals surface area contributed by atoms with Crippen molar-refractivity contribution in [2.45, 2.75) is 46.6 Å². The van der Waals surface area contributed by atoms with Gasteiger partial charge in [-0.3, -0.25) is 0 Å². The molecule has 106 valence electrons. The number of fused-ring (bicyclic) bond motifs is 1. The standard InChI is InChI=1S/C16H21N3O/c1-10-7-12-13(8-16(3,4)9-14(12)20-10)19-15-5-6-17-11(2)18-15/h5-7,13H,8-9H2,1-4H3,(H,17,18,19). The molecule has 0 saturated heterocycles. The lowest BCUT2D eigenvalue weighted by Gasteiger charge is -2.34. The van der Waals surface area contributed by atoms with Crippen LogP contribution in [0.3, 0.4) is 0 Å². The van der Waals surface area contributed by atoms with Gasteiger partial charge in [-0.05, 0) is 37.8 Å². The van der Waals surface area contributed by atoms with E-state index in [9.17, 15) is 0 Å². The summed E-state index contributed by atoms with van der Waals surface area (Å²) in [4.78, 5) is 8.58. The van der Waals surface area contributed by atoms with Crippen LogP contribution in [0.5, 0.6) is 0 Å². The van der Waals surface area contributed by atoms with E-state index in [2.05, 4.69) is 35.2 Å². The number of rotatable bonds is 2. The van der Waals surface area contributed by atoms with Crippen LogP contribution in [0.2, 0.25) is 0 Å². The average molecular weight is 271 g/mol. The van der Waals surface area contributed by atoms with Crippen LogP contribution in [0.1, 0.15) is 49.2 Å². The van der Waals surface area contributed by atoms with E-state index in [1.807, 2.05) is 19.9 Å². The molecule has 2 aromatic heterocycles. The van der Waals surface area contributed by atoms with Gasteiger partial charge in [-0.15, -0.1) is 0 Å². The molecule has 0 aliphatic heterocycles. The van der Waals surface area contributed by atoms with Gasteiger partial charge in [0.05, 0.1) is 6.04 Å². The first-order valence-corrected chi connectivity index (χ1v) is 7.08. The fourth-order valence-electron chi connectivity index (χ4n) is 3.03. The molecule has 0 amide bonds. The molecule has 1 aliphatic carbocycles. The monoisotopic (exact) mass is 271 g/mol. The lowest BCUT2D eigenvalue weighted by atomic mass is 9.75. The molecule has 3 rings (SSSR count). The van der Waals surface area contributed by atoms with Gasteiger partial charge < -0.3 is 9.73 Å². The molecule has 1 aliphatic rings. The number of aromatic nitrogens is 2. The quantitative estimate of drug-likeness (QED) is 0.902. The van der Waals surface area contributed by atoms with Gasteiger partial charge in [-0.25, -0.2) is 9.97 Å². The molecule has 0 saturated carbocycles. The van der Waals surface area contributed by atoms with Crippen molar-refractivity contribution in [3.63, 3.8) is 0 Å². The van der Waals surface area contributed by atoms with Gasteiger partial charge in [0.25, 0.3) is 0 Å². The lowest BCUT2D eigenvalue weighted by Crippen LogP contribution is -2.28. The molecule has 20 heavy (non-hydrogen) atoms. The largest absolute Gasteiger partial charge is 0.466 e. The van der Waals surface area contributed by atoms with Gasteiger partial charge >= 0.3 is 0 Å². The van der Waals surface area contributed by atoms with Crippen LogP contribution in [0, 0.1) is 19.3 Å². The fraction of sp³-hybridized carbons (Fsp3) is 0.500. The van der Waals surface area contributed by atoms with E-state index in [-0.39, 0.29) is 11.5 Å². The Labute approximate surface area is 119 Å². The topological polar surface area (TPSA) is 51.0 Å². The summed E-state index contributed by atoms with van der Waals surface area (Å²) in [5.41, 5.74) is 1.51. The maximum absolute atomic E-state index is 5.86. The molecule has 1 atom stereocenters. The van der Waals surface area contributed by atoms with Crippen molar-refractivity contribution < 1.29 is 4.42 Å². The third kappa shape index (κ3) is 2.55. The molecular formula is C16H21N3O. The zero-order chi connectivity index (χ0) is 14.3. The number of hydrogen-bond donors (Lipinski definition) is 1. The maximum Gasteiger partial charge on any atom is 0.130 e. The summed E-state index contributed by atoms with van der Waals surface area (Å²) in [6.45, 7) is 8.49. The summed E-state index contributed by atoms with van der Waals surface area (Å²) >= 11 is 0. The van der Waals surface area contributed by atoms with Crippen molar-refractivity contribution in [3.8, 4) is 0 Å². The zero-order valence-corrected chi connectivity index (χ0v) is 12.5. The molecule has 0 fully saturated rings. The highest BCUT2D eigenvalue weighted by atomic mass is 16.3. The second kappa shape index (κ2) is 4.62. The Balaban J connectivity index is 1.92. The molecule has 2 aromatic rings. The van der Waals surface area contributed by atoms with Crippen molar-refractivity contribution >= 4 is 5.82 Å². The third-order valence-corrected chi connectivity index (χ3v) is 3.83. The van der Waals surface area contributed by atoms with Crippen LogP contribution in [-0.4, -0.2) is 9.97 Å². The summed E-state index contributed by atoms with van der Waals surface area (Å²) in [7, 11) is 0. The van der Waals surface area contributed by atoms with Gasteiger partial charge in [0.1, 0.15) is 23.2 Å². The SMILES string of the molecule is Cc1nccc(NC2CC(C)(C)Cc3oc(C)cc32)n1. The minimum Gasteiger partial charge on any atom is -0.466 e. The number of anilines is 1. The first-order chi connectivity index (χ1) is 9.43. The van der Waals surface area contributed by atoms with E-state index < -0.39 is 0 Å². The summed E-state index contributed by atoms with van der Waals surface area (Å²) in [6.07, 6.45) is 3.86. The van der Waals surface area contributed by atoms with E-state index in [4.69, 9.17) is 4.42 Å². The molecular weight excluding hydrogens is 250 g/mol. The molecule has 0 aromatic carbocycles. The summed E-state index contributed by atoms with van der Waals surface area (Å²) in [6, 6.07) is 4.32. The van der Waals surface area contributed by atoms with Gasteiger partial charge in [0, 0.05) is 18.2 Å². The van der Waals surface area contributed by atoms with Crippen molar-refractivity contribution in [2.75, 3.05) is 5.32 Å². The Hall–Kier alpha value is -1.84. The van der Waals surface area contributed by atoms with E-state index >= 15 is 0 Å². The second-order valence-corrected chi connectivity index (χ2v) is 6.47. The minimum atomic E-state index is 0.233. The predicted molar refractivity (Wildman–Crippen MR) is 78.7 cm³/mol. The molecule has 1 unspecified atom stereocenters. The fourth-order valence-corrected chi connectivity index (χ4v) is 3.03. The van der Waals surface area contributed by atoms with Crippen LogP contribution in [-0.2, 0) is 6.42 Å². The van der Waals surface area contributed by atoms with Crippen molar-refractivity contribution in [2.24, 2.45) is 5.41 Å². The third-order valence-electron chi connectivity index (χ3n) is 3.83. The minimum absolute atomic E-state index is 0.233. The van der Waals surface area contributed by atoms with Crippen LogP contribution in [0.15, 0.2) is 22.7 Å². The van der Waals surface area contributed by atoms with Gasteiger partial charge in [0.2, 0.25) is 0 Å². The molecule has 4 heteroatoms. The van der Waals surface area contributed by atoms with E-state index in [0.29, 0.717) is 0 Å². The highest BCUT2D eigenvalue weighted by Crippen LogP contribution is 2.43. The van der Waals surface area contributed by atoms with Crippen LogP contribution >= 0.6 is 0 Å². The second-order valence-electron chi connectivity index (χ2n) is 6.47. The maximum atomic E-state index is 5.86. The average Bonchev–Trinajstić information content (AvgIpc) is 2.68. The zero-order valence-electron chi connectivity index (χ0n) is 12.5. The Morgan fingerprint density at radius 2 is 2.15 bits per heavy atom. The summed E-state index contributed by atoms with van der Waals surface area (Å²) in [5, 5.41) is 3.54. The number of nitrogens with zero attached hydrogens (tertiary/aromatic N) is 2. The highest BCUT2D eigenvalue weighted by Gasteiger charge is 2.34. The van der Waals surface area contributed by atoms with Gasteiger partial charge in [-0.2, -0.15) is 0 Å². The van der Waals surface area contributed by atoms with Gasteiger partial charge in [0.15, 0.2) is 0 Å². The molecule has 0 bridgehead atoms. The van der Waals surface area contributed by atoms with E-state index in [1.54, 1.807) is 6.20 Å². The molecule has 1 N–H and O–H groups in total. The van der Waals surface area contributed by atoms with Crippen molar-refractivity contribution in [1.82, 2.24) is 9.97 Å². The van der Waals surface area contributed by atoms with Crippen LogP contribution in [0.4, 0.5) is 5.82 Å². The summed E-state index contributed by atoms with van der Waals surface area (Å²) < 4.78 is 5.86. The van der Waals surface area contributed by atoms with Crippen LogP contribution in [0.25, 0.3) is 0 Å². The first-order valence-electron chi connectivity index (χ1n) is 7.08. The predicted octanol–water partition coefficient (Wildman–Crippen LogP) is 3.81. The highest BCUT2D eigenvalue weighted by molar-refractivity contribution is 5.40. The number of furan rings is 1. The number of hydrogen-bond acceptors (Lipinski definition) is 4. The Morgan fingerprint density at radius 1 is 1.35 bits per heavy atom. The Kier molecular flexibility index (Phi) is 3.04. The van der Waals surface area contributed by atoms with E-state index in [1.165, 1.54) is 5.56 Å². The lowest BCUT2D eigenvalue weighted by molar-refractivity contribution is 0.261. The Bertz CT molecular complexity index is 630. The van der Waals surface area contributed by atoms with E-state index in [0.717, 1.165) is 36.0 Å². The van der Waals surface area contributed by atoms with Crippen LogP contribution < -0.4 is 5.32 Å². The number of aryl methyl sites for hydroxylation is 2. The number of nitrogens with one attached hydrogen (secondary N) is 1. The first kappa shape index (κ1) is 13.2. The summed E-state index contributed by atoms with van der Waals surface area (Å²) in [5.74, 6) is 3.76. The Morgan fingerprint density at radius 3 is 2.90 bits per heavy atom. The molecule has 4 nitrogen and oxygen atoms in total. The molecule has 0 radical (unpaired) electrons. The normalized spacial score (nSPS) is 20.5. The molecule has 0 spiro atoms. The molecule has 2 heterocycles. The van der Waals surface area contributed by atoms with Crippen molar-refractivity contribution in [1.29, 1.82) is 0 Å². The van der Waals surface area contributed by atoms with Gasteiger partial charge in [-0.1, -0.05) is 13.8 Å². The van der Waals surface area contributed by atoms with Crippen molar-refractivity contribution in [3.05, 3.63) is 41.2 Å².